The summed E-state index contributed by atoms with van der Waals surface area (Å²) < 4.78 is 4.73. The van der Waals surface area contributed by atoms with Gasteiger partial charge in [0.15, 0.2) is 11.5 Å². The zero-order valence-electron chi connectivity index (χ0n) is 10.2. The van der Waals surface area contributed by atoms with Gasteiger partial charge in [-0.05, 0) is 13.0 Å². The molecule has 98 valence electrons. The van der Waals surface area contributed by atoms with Gasteiger partial charge >= 0.3 is 5.97 Å². The third-order valence-electron chi connectivity index (χ3n) is 3.00. The molecule has 19 heavy (non-hydrogen) atoms. The number of esters is 1. The Kier molecular flexibility index (Phi) is 3.23. The first-order chi connectivity index (χ1) is 9.05. The summed E-state index contributed by atoms with van der Waals surface area (Å²) in [5.74, 6) is -3.32. The summed E-state index contributed by atoms with van der Waals surface area (Å²) in [6, 6.07) is 8.03. The van der Waals surface area contributed by atoms with Gasteiger partial charge in [-0.1, -0.05) is 18.2 Å². The Morgan fingerprint density at radius 2 is 2.26 bits per heavy atom. The van der Waals surface area contributed by atoms with Crippen molar-refractivity contribution in [3.05, 3.63) is 29.8 Å². The highest BCUT2D eigenvalue weighted by Crippen LogP contribution is 2.41. The van der Waals surface area contributed by atoms with Crippen LogP contribution in [0.1, 0.15) is 12.5 Å². The number of nitriles is 1. The molecular formula is C13H12N2O4. The highest BCUT2D eigenvalue weighted by Gasteiger charge is 2.55. The van der Waals surface area contributed by atoms with Crippen LogP contribution in [0.25, 0.3) is 0 Å². The van der Waals surface area contributed by atoms with Crippen LogP contribution >= 0.6 is 0 Å². The number of amides is 1. The number of aliphatic hydroxyl groups is 1. The molecule has 0 saturated heterocycles. The second-order valence-electron chi connectivity index (χ2n) is 4.08. The van der Waals surface area contributed by atoms with Crippen molar-refractivity contribution in [1.29, 1.82) is 5.26 Å². The lowest BCUT2D eigenvalue weighted by molar-refractivity contribution is -0.160. The standard InChI is InChI=1S/C13H12N2O4/c1-2-19-11(16)9(7-14)13(18)8-5-3-4-6-10(8)15-12(13)17/h3-6,9,18H,2H2,1H3,(H,15,17)/t9-,13+/m1/s1. The lowest BCUT2D eigenvalue weighted by Crippen LogP contribution is -2.45. The number of hydrogen-bond donors (Lipinski definition) is 2. The van der Waals surface area contributed by atoms with Crippen LogP contribution in [-0.2, 0) is 19.9 Å². The fourth-order valence-electron chi connectivity index (χ4n) is 2.09. The summed E-state index contributed by atoms with van der Waals surface area (Å²) in [6.07, 6.45) is 0. The summed E-state index contributed by atoms with van der Waals surface area (Å²) in [5, 5.41) is 22.1. The maximum atomic E-state index is 11.9. The van der Waals surface area contributed by atoms with Gasteiger partial charge in [-0.25, -0.2) is 0 Å². The molecule has 1 aromatic rings. The Labute approximate surface area is 109 Å². The summed E-state index contributed by atoms with van der Waals surface area (Å²) in [4.78, 5) is 23.7. The first-order valence-electron chi connectivity index (χ1n) is 5.75. The third-order valence-corrected chi connectivity index (χ3v) is 3.00. The molecule has 0 spiro atoms. The van der Waals surface area contributed by atoms with E-state index in [0.717, 1.165) is 0 Å². The topological polar surface area (TPSA) is 99.4 Å². The van der Waals surface area contributed by atoms with Crippen LogP contribution in [0.4, 0.5) is 5.69 Å². The van der Waals surface area contributed by atoms with Crippen molar-refractivity contribution in [3.8, 4) is 6.07 Å². The summed E-state index contributed by atoms with van der Waals surface area (Å²) in [7, 11) is 0. The van der Waals surface area contributed by atoms with E-state index in [0.29, 0.717) is 5.69 Å². The number of fused-ring (bicyclic) bond motifs is 1. The first-order valence-corrected chi connectivity index (χ1v) is 5.75. The molecule has 1 aliphatic rings. The van der Waals surface area contributed by atoms with Gasteiger partial charge in [0.1, 0.15) is 0 Å². The number of carbonyl (C=O) groups is 2. The second-order valence-corrected chi connectivity index (χ2v) is 4.08. The second kappa shape index (κ2) is 4.71. The number of benzene rings is 1. The molecule has 6 heteroatoms. The van der Waals surface area contributed by atoms with Crippen molar-refractivity contribution in [3.63, 3.8) is 0 Å². The molecule has 2 atom stereocenters. The van der Waals surface area contributed by atoms with Crippen molar-refractivity contribution < 1.29 is 19.4 Å². The van der Waals surface area contributed by atoms with E-state index in [9.17, 15) is 14.7 Å². The van der Waals surface area contributed by atoms with E-state index in [2.05, 4.69) is 5.32 Å². The fourth-order valence-corrected chi connectivity index (χ4v) is 2.09. The predicted octanol–water partition coefficient (Wildman–Crippen LogP) is 0.529. The zero-order valence-corrected chi connectivity index (χ0v) is 10.2. The SMILES string of the molecule is CCOC(=O)[C@@H](C#N)[C@]1(O)C(=O)Nc2ccccc21. The Morgan fingerprint density at radius 3 is 2.89 bits per heavy atom. The van der Waals surface area contributed by atoms with Crippen molar-refractivity contribution in [1.82, 2.24) is 0 Å². The van der Waals surface area contributed by atoms with Crippen LogP contribution in [0, 0.1) is 17.2 Å². The number of rotatable bonds is 3. The molecule has 1 heterocycles. The van der Waals surface area contributed by atoms with Crippen molar-refractivity contribution in [2.24, 2.45) is 5.92 Å². The smallest absolute Gasteiger partial charge is 0.327 e. The molecule has 0 bridgehead atoms. The van der Waals surface area contributed by atoms with E-state index < -0.39 is 23.4 Å². The van der Waals surface area contributed by atoms with Gasteiger partial charge in [-0.3, -0.25) is 9.59 Å². The van der Waals surface area contributed by atoms with E-state index in [1.807, 2.05) is 0 Å². The van der Waals surface area contributed by atoms with Gasteiger partial charge in [0.05, 0.1) is 12.7 Å². The van der Waals surface area contributed by atoms with Crippen LogP contribution in [-0.4, -0.2) is 23.6 Å². The number of nitrogens with one attached hydrogen (secondary N) is 1. The third kappa shape index (κ3) is 1.84. The molecule has 0 aromatic heterocycles. The monoisotopic (exact) mass is 260 g/mol. The Balaban J connectivity index is 2.50. The van der Waals surface area contributed by atoms with Crippen LogP contribution in [0.5, 0.6) is 0 Å². The molecule has 0 unspecified atom stereocenters. The minimum atomic E-state index is -2.21. The zero-order chi connectivity index (χ0) is 14.0. The predicted molar refractivity (Wildman–Crippen MR) is 64.7 cm³/mol. The molecule has 6 nitrogen and oxygen atoms in total. The molecule has 1 aliphatic heterocycles. The molecule has 2 N–H and O–H groups in total. The Morgan fingerprint density at radius 1 is 1.58 bits per heavy atom. The summed E-state index contributed by atoms with van der Waals surface area (Å²) in [6.45, 7) is 1.65. The molecule has 1 aromatic carbocycles. The molecule has 0 fully saturated rings. The lowest BCUT2D eigenvalue weighted by atomic mass is 9.83. The highest BCUT2D eigenvalue weighted by molar-refractivity contribution is 6.07. The largest absolute Gasteiger partial charge is 0.465 e. The fraction of sp³-hybridized carbons (Fsp3) is 0.308. The first kappa shape index (κ1) is 13.1. The van der Waals surface area contributed by atoms with Crippen molar-refractivity contribution >= 4 is 17.6 Å². The number of anilines is 1. The average molecular weight is 260 g/mol. The molecule has 0 radical (unpaired) electrons. The van der Waals surface area contributed by atoms with E-state index in [-0.39, 0.29) is 12.2 Å². The molecular weight excluding hydrogens is 248 g/mol. The van der Waals surface area contributed by atoms with Gasteiger partial charge in [-0.15, -0.1) is 0 Å². The number of nitrogens with zero attached hydrogens (tertiary/aromatic N) is 1. The molecule has 2 rings (SSSR count). The van der Waals surface area contributed by atoms with Crippen molar-refractivity contribution in [2.45, 2.75) is 12.5 Å². The minimum absolute atomic E-state index is 0.0658. The number of para-hydroxylation sites is 1. The van der Waals surface area contributed by atoms with Gasteiger partial charge in [0, 0.05) is 11.3 Å². The van der Waals surface area contributed by atoms with E-state index in [1.165, 1.54) is 6.07 Å². The van der Waals surface area contributed by atoms with Gasteiger partial charge in [-0.2, -0.15) is 5.26 Å². The quantitative estimate of drug-likeness (QED) is 0.772. The van der Waals surface area contributed by atoms with E-state index in [4.69, 9.17) is 10.00 Å². The van der Waals surface area contributed by atoms with E-state index >= 15 is 0 Å². The Bertz CT molecular complexity index is 578. The number of ether oxygens (including phenoxy) is 1. The van der Waals surface area contributed by atoms with Gasteiger partial charge in [0.25, 0.3) is 5.91 Å². The van der Waals surface area contributed by atoms with Gasteiger partial charge < -0.3 is 15.2 Å². The normalized spacial score (nSPS) is 22.1. The maximum Gasteiger partial charge on any atom is 0.327 e. The lowest BCUT2D eigenvalue weighted by Gasteiger charge is -2.24. The van der Waals surface area contributed by atoms with Crippen molar-refractivity contribution in [2.75, 3.05) is 11.9 Å². The molecule has 0 aliphatic carbocycles. The number of carbonyl (C=O) groups excluding carboxylic acids is 2. The average Bonchev–Trinajstić information content (AvgIpc) is 2.64. The van der Waals surface area contributed by atoms with E-state index in [1.54, 1.807) is 31.2 Å². The van der Waals surface area contributed by atoms with Gasteiger partial charge in [0.2, 0.25) is 0 Å². The maximum absolute atomic E-state index is 11.9. The number of hydrogen-bond acceptors (Lipinski definition) is 5. The Hall–Kier alpha value is -2.39. The van der Waals surface area contributed by atoms with Crippen LogP contribution < -0.4 is 5.32 Å². The summed E-state index contributed by atoms with van der Waals surface area (Å²) >= 11 is 0. The van der Waals surface area contributed by atoms with Crippen LogP contribution in [0.15, 0.2) is 24.3 Å². The molecule has 0 saturated carbocycles. The summed E-state index contributed by atoms with van der Waals surface area (Å²) in [5.41, 5.74) is -1.61. The highest BCUT2D eigenvalue weighted by atomic mass is 16.5. The van der Waals surface area contributed by atoms with Crippen LogP contribution in [0.3, 0.4) is 0 Å². The minimum Gasteiger partial charge on any atom is -0.465 e. The molecule has 1 amide bonds. The van der Waals surface area contributed by atoms with Crippen LogP contribution in [0.2, 0.25) is 0 Å².